The van der Waals surface area contributed by atoms with Gasteiger partial charge in [-0.2, -0.15) is 0 Å². The van der Waals surface area contributed by atoms with Gasteiger partial charge in [-0.1, -0.05) is 20.8 Å². The van der Waals surface area contributed by atoms with Crippen molar-refractivity contribution in [3.63, 3.8) is 0 Å². The van der Waals surface area contributed by atoms with E-state index in [1.165, 1.54) is 12.8 Å². The molecule has 13 heavy (non-hydrogen) atoms. The van der Waals surface area contributed by atoms with E-state index >= 15 is 0 Å². The first-order valence-electron chi connectivity index (χ1n) is 5.18. The molecular formula is C11H19NO. The predicted molar refractivity (Wildman–Crippen MR) is 51.9 cm³/mol. The van der Waals surface area contributed by atoms with Crippen LogP contribution in [0.3, 0.4) is 0 Å². The molecule has 2 N–H and O–H groups in total. The van der Waals surface area contributed by atoms with Crippen LogP contribution >= 0.6 is 0 Å². The zero-order chi connectivity index (χ0) is 9.85. The number of hydrogen-bond donors (Lipinski definition) is 1. The van der Waals surface area contributed by atoms with Crippen LogP contribution in [0.5, 0.6) is 0 Å². The van der Waals surface area contributed by atoms with E-state index in [2.05, 4.69) is 20.8 Å². The average Bonchev–Trinajstić information content (AvgIpc) is 2.34. The molecule has 2 saturated carbocycles. The molecule has 2 fully saturated rings. The van der Waals surface area contributed by atoms with Gasteiger partial charge in [0.1, 0.15) is 0 Å². The Balaban J connectivity index is 2.34. The fourth-order valence-corrected chi connectivity index (χ4v) is 3.60. The van der Waals surface area contributed by atoms with Crippen molar-refractivity contribution in [1.82, 2.24) is 0 Å². The van der Waals surface area contributed by atoms with Crippen molar-refractivity contribution in [3.05, 3.63) is 0 Å². The maximum absolute atomic E-state index is 11.2. The Bertz CT molecular complexity index is 256. The molecule has 74 valence electrons. The van der Waals surface area contributed by atoms with E-state index < -0.39 is 0 Å². The summed E-state index contributed by atoms with van der Waals surface area (Å²) < 4.78 is 0. The minimum absolute atomic E-state index is 0.0819. The molecule has 2 rings (SSSR count). The van der Waals surface area contributed by atoms with Gasteiger partial charge < -0.3 is 5.73 Å². The predicted octanol–water partition coefficient (Wildman–Crippen LogP) is 1.93. The summed E-state index contributed by atoms with van der Waals surface area (Å²) in [5.41, 5.74) is 6.10. The summed E-state index contributed by atoms with van der Waals surface area (Å²) >= 11 is 0. The molecule has 2 nitrogen and oxygen atoms in total. The number of fused-ring (bicyclic) bond motifs is 2. The lowest BCUT2D eigenvalue weighted by molar-refractivity contribution is -0.123. The minimum Gasteiger partial charge on any atom is -0.369 e. The summed E-state index contributed by atoms with van der Waals surface area (Å²) in [5, 5.41) is 0. The zero-order valence-electron chi connectivity index (χ0n) is 8.76. The van der Waals surface area contributed by atoms with E-state index in [1.54, 1.807) is 0 Å². The van der Waals surface area contributed by atoms with Gasteiger partial charge in [-0.3, -0.25) is 4.79 Å². The molecule has 0 heterocycles. The number of hydrogen-bond acceptors (Lipinski definition) is 1. The van der Waals surface area contributed by atoms with Gasteiger partial charge in [0.2, 0.25) is 5.91 Å². The highest BCUT2D eigenvalue weighted by atomic mass is 16.1. The molecule has 1 amide bonds. The third kappa shape index (κ3) is 0.918. The third-order valence-corrected chi connectivity index (χ3v) is 5.01. The zero-order valence-corrected chi connectivity index (χ0v) is 8.76. The van der Waals surface area contributed by atoms with Crippen LogP contribution in [0, 0.1) is 22.7 Å². The van der Waals surface area contributed by atoms with Crippen LogP contribution in [0.15, 0.2) is 0 Å². The molecule has 0 saturated heterocycles. The molecule has 2 bridgehead atoms. The second-order valence-corrected chi connectivity index (χ2v) is 5.64. The first kappa shape index (κ1) is 9.04. The largest absolute Gasteiger partial charge is 0.369 e. The molecule has 0 radical (unpaired) electrons. The normalized spacial score (nSPS) is 46.7. The molecule has 2 aliphatic carbocycles. The lowest BCUT2D eigenvalue weighted by Crippen LogP contribution is -2.30. The van der Waals surface area contributed by atoms with Crippen molar-refractivity contribution in [1.29, 1.82) is 0 Å². The third-order valence-electron chi connectivity index (χ3n) is 5.01. The first-order chi connectivity index (χ1) is 5.88. The summed E-state index contributed by atoms with van der Waals surface area (Å²) in [4.78, 5) is 11.2. The van der Waals surface area contributed by atoms with Crippen molar-refractivity contribution < 1.29 is 4.79 Å². The number of rotatable bonds is 1. The van der Waals surface area contributed by atoms with E-state index in [4.69, 9.17) is 5.73 Å². The van der Waals surface area contributed by atoms with Gasteiger partial charge in [-0.25, -0.2) is 0 Å². The van der Waals surface area contributed by atoms with Gasteiger partial charge in [0, 0.05) is 5.92 Å². The number of primary amides is 1. The Kier molecular flexibility index (Phi) is 1.59. The summed E-state index contributed by atoms with van der Waals surface area (Å²) in [6, 6.07) is 0. The fraction of sp³-hybridized carbons (Fsp3) is 0.909. The monoisotopic (exact) mass is 181 g/mol. The van der Waals surface area contributed by atoms with Crippen molar-refractivity contribution in [2.45, 2.75) is 40.0 Å². The molecule has 0 aromatic rings. The maximum Gasteiger partial charge on any atom is 0.220 e. The number of carbonyl (C=O) groups excluding carboxylic acids is 1. The van der Waals surface area contributed by atoms with Crippen LogP contribution in [0.25, 0.3) is 0 Å². The van der Waals surface area contributed by atoms with Crippen molar-refractivity contribution in [2.24, 2.45) is 28.4 Å². The first-order valence-corrected chi connectivity index (χ1v) is 5.18. The standard InChI is InChI=1S/C11H19NO/c1-10(2)8-4-5-11(10,3)6-7(8)9(12)13/h7-8H,4-6H2,1-3H3,(H2,12,13). The molecule has 0 aliphatic heterocycles. The number of amides is 1. The van der Waals surface area contributed by atoms with Crippen LogP contribution in [0.4, 0.5) is 0 Å². The Morgan fingerprint density at radius 2 is 2.00 bits per heavy atom. The second kappa shape index (κ2) is 2.28. The highest BCUT2D eigenvalue weighted by molar-refractivity contribution is 5.78. The molecule has 2 heteroatoms. The summed E-state index contributed by atoms with van der Waals surface area (Å²) in [6.07, 6.45) is 3.48. The highest BCUT2D eigenvalue weighted by Gasteiger charge is 2.61. The summed E-state index contributed by atoms with van der Waals surface area (Å²) in [5.74, 6) is 0.602. The second-order valence-electron chi connectivity index (χ2n) is 5.64. The summed E-state index contributed by atoms with van der Waals surface area (Å²) in [7, 11) is 0. The van der Waals surface area contributed by atoms with Crippen LogP contribution in [0.2, 0.25) is 0 Å². The van der Waals surface area contributed by atoms with Gasteiger partial charge in [0.15, 0.2) is 0 Å². The molecular weight excluding hydrogens is 162 g/mol. The van der Waals surface area contributed by atoms with Gasteiger partial charge >= 0.3 is 0 Å². The van der Waals surface area contributed by atoms with E-state index in [0.29, 0.717) is 16.7 Å². The summed E-state index contributed by atoms with van der Waals surface area (Å²) in [6.45, 7) is 6.91. The molecule has 2 aliphatic rings. The van der Waals surface area contributed by atoms with Gasteiger partial charge in [0.05, 0.1) is 0 Å². The van der Waals surface area contributed by atoms with Crippen LogP contribution in [0.1, 0.15) is 40.0 Å². The van der Waals surface area contributed by atoms with Gasteiger partial charge in [-0.15, -0.1) is 0 Å². The molecule has 0 aromatic carbocycles. The SMILES string of the molecule is CC12CCC(C(C(N)=O)C1)C2(C)C. The van der Waals surface area contributed by atoms with E-state index in [0.717, 1.165) is 6.42 Å². The van der Waals surface area contributed by atoms with Crippen LogP contribution in [-0.2, 0) is 4.79 Å². The molecule has 3 atom stereocenters. The van der Waals surface area contributed by atoms with Crippen LogP contribution in [-0.4, -0.2) is 5.91 Å². The van der Waals surface area contributed by atoms with Crippen LogP contribution < -0.4 is 5.73 Å². The Labute approximate surface area is 79.9 Å². The smallest absolute Gasteiger partial charge is 0.220 e. The van der Waals surface area contributed by atoms with Crippen molar-refractivity contribution in [2.75, 3.05) is 0 Å². The highest BCUT2D eigenvalue weighted by Crippen LogP contribution is 2.67. The topological polar surface area (TPSA) is 43.1 Å². The maximum atomic E-state index is 11.2. The Morgan fingerprint density at radius 3 is 2.23 bits per heavy atom. The Morgan fingerprint density at radius 1 is 1.38 bits per heavy atom. The lowest BCUT2D eigenvalue weighted by atomic mass is 9.71. The van der Waals surface area contributed by atoms with Crippen molar-refractivity contribution in [3.8, 4) is 0 Å². The lowest BCUT2D eigenvalue weighted by Gasteiger charge is -2.34. The fourth-order valence-electron chi connectivity index (χ4n) is 3.60. The van der Waals surface area contributed by atoms with E-state index in [9.17, 15) is 4.79 Å². The Hall–Kier alpha value is -0.530. The van der Waals surface area contributed by atoms with E-state index in [-0.39, 0.29) is 11.8 Å². The molecule has 0 spiro atoms. The van der Waals surface area contributed by atoms with E-state index in [1.807, 2.05) is 0 Å². The molecule has 3 unspecified atom stereocenters. The minimum atomic E-state index is -0.0819. The quantitative estimate of drug-likeness (QED) is 0.660. The number of carbonyl (C=O) groups is 1. The van der Waals surface area contributed by atoms with Crippen molar-refractivity contribution >= 4 is 5.91 Å². The average molecular weight is 181 g/mol. The number of nitrogens with two attached hydrogens (primary N) is 1. The molecule has 0 aromatic heterocycles. The van der Waals surface area contributed by atoms with Gasteiger partial charge in [0.25, 0.3) is 0 Å². The van der Waals surface area contributed by atoms with Gasteiger partial charge in [-0.05, 0) is 36.0 Å².